The Morgan fingerprint density at radius 3 is 2.18 bits per heavy atom. The standard InChI is InChI=1S/C28H32BrN3O5S/c1-20(2)30-28(34)21(3)31(18-22-13-15-25(37-4)16-14-22)27(33)19-32(24-10-8-9-23(29)17-24)38(35,36)26-11-6-5-7-12-26/h5-17,20-21H,18-19H2,1-4H3,(H,30,34)/t21-/m1/s1. The molecule has 0 saturated carbocycles. The lowest BCUT2D eigenvalue weighted by Crippen LogP contribution is -2.52. The molecule has 1 atom stereocenters. The Labute approximate surface area is 232 Å². The van der Waals surface area contributed by atoms with Crippen LogP contribution in [0.4, 0.5) is 5.69 Å². The number of carbonyl (C=O) groups excluding carboxylic acids is 2. The topological polar surface area (TPSA) is 96.0 Å². The molecular formula is C28H32BrN3O5S. The Bertz CT molecular complexity index is 1350. The van der Waals surface area contributed by atoms with Gasteiger partial charge in [-0.2, -0.15) is 0 Å². The second kappa shape index (κ2) is 12.9. The number of methoxy groups -OCH3 is 1. The predicted molar refractivity (Wildman–Crippen MR) is 151 cm³/mol. The third-order valence-corrected chi connectivity index (χ3v) is 8.10. The van der Waals surface area contributed by atoms with Gasteiger partial charge in [0.05, 0.1) is 17.7 Å². The first kappa shape index (κ1) is 29.2. The van der Waals surface area contributed by atoms with Crippen molar-refractivity contribution in [3.63, 3.8) is 0 Å². The lowest BCUT2D eigenvalue weighted by Gasteiger charge is -2.32. The van der Waals surface area contributed by atoms with Gasteiger partial charge >= 0.3 is 0 Å². The number of nitrogens with one attached hydrogen (secondary N) is 1. The number of sulfonamides is 1. The van der Waals surface area contributed by atoms with Crippen molar-refractivity contribution in [2.24, 2.45) is 0 Å². The molecule has 1 N–H and O–H groups in total. The number of ether oxygens (including phenoxy) is 1. The predicted octanol–water partition coefficient (Wildman–Crippen LogP) is 4.59. The molecule has 0 aliphatic rings. The van der Waals surface area contributed by atoms with Crippen molar-refractivity contribution < 1.29 is 22.7 Å². The number of hydrogen-bond acceptors (Lipinski definition) is 5. The van der Waals surface area contributed by atoms with Crippen LogP contribution in [0.5, 0.6) is 5.75 Å². The zero-order valence-electron chi connectivity index (χ0n) is 21.8. The van der Waals surface area contributed by atoms with E-state index in [-0.39, 0.29) is 23.4 Å². The molecule has 0 aliphatic heterocycles. The molecule has 0 unspecified atom stereocenters. The molecule has 0 aliphatic carbocycles. The lowest BCUT2D eigenvalue weighted by atomic mass is 10.1. The SMILES string of the molecule is COc1ccc(CN(C(=O)CN(c2cccc(Br)c2)S(=O)(=O)c2ccccc2)[C@H](C)C(=O)NC(C)C)cc1. The van der Waals surface area contributed by atoms with E-state index in [4.69, 9.17) is 4.74 Å². The summed E-state index contributed by atoms with van der Waals surface area (Å²) in [4.78, 5) is 28.2. The average Bonchev–Trinajstić information content (AvgIpc) is 2.90. The van der Waals surface area contributed by atoms with Crippen LogP contribution in [0.25, 0.3) is 0 Å². The zero-order valence-corrected chi connectivity index (χ0v) is 24.2. The Morgan fingerprint density at radius 1 is 0.947 bits per heavy atom. The summed E-state index contributed by atoms with van der Waals surface area (Å²) in [7, 11) is -2.54. The smallest absolute Gasteiger partial charge is 0.264 e. The molecule has 0 bridgehead atoms. The van der Waals surface area contributed by atoms with Crippen molar-refractivity contribution in [1.82, 2.24) is 10.2 Å². The molecule has 202 valence electrons. The number of hydrogen-bond donors (Lipinski definition) is 1. The van der Waals surface area contributed by atoms with E-state index in [9.17, 15) is 18.0 Å². The van der Waals surface area contributed by atoms with Crippen LogP contribution in [0.2, 0.25) is 0 Å². The minimum absolute atomic E-state index is 0.0556. The van der Waals surface area contributed by atoms with Crippen LogP contribution in [0, 0.1) is 0 Å². The summed E-state index contributed by atoms with van der Waals surface area (Å²) >= 11 is 3.39. The van der Waals surface area contributed by atoms with Gasteiger partial charge in [-0.3, -0.25) is 13.9 Å². The van der Waals surface area contributed by atoms with Gasteiger partial charge in [-0.15, -0.1) is 0 Å². The number of amides is 2. The van der Waals surface area contributed by atoms with Crippen molar-refractivity contribution >= 4 is 43.5 Å². The molecular weight excluding hydrogens is 570 g/mol. The van der Waals surface area contributed by atoms with Gasteiger partial charge in [-0.1, -0.05) is 52.3 Å². The molecule has 0 aromatic heterocycles. The van der Waals surface area contributed by atoms with Crippen LogP contribution >= 0.6 is 15.9 Å². The Kier molecular flexibility index (Phi) is 9.93. The summed E-state index contributed by atoms with van der Waals surface area (Å²) in [5, 5.41) is 2.84. The van der Waals surface area contributed by atoms with Gasteiger partial charge < -0.3 is 15.0 Å². The normalized spacial score (nSPS) is 12.1. The Morgan fingerprint density at radius 2 is 1.61 bits per heavy atom. The van der Waals surface area contributed by atoms with Gasteiger partial charge in [0.25, 0.3) is 10.0 Å². The fourth-order valence-corrected chi connectivity index (χ4v) is 5.61. The lowest BCUT2D eigenvalue weighted by molar-refractivity contribution is -0.139. The number of benzene rings is 3. The maximum Gasteiger partial charge on any atom is 0.264 e. The maximum absolute atomic E-state index is 13.9. The first-order chi connectivity index (χ1) is 18.0. The van der Waals surface area contributed by atoms with Crippen molar-refractivity contribution in [2.75, 3.05) is 18.0 Å². The number of rotatable bonds is 11. The van der Waals surface area contributed by atoms with Crippen molar-refractivity contribution in [3.05, 3.63) is 88.9 Å². The minimum atomic E-state index is -4.10. The Balaban J connectivity index is 2.01. The van der Waals surface area contributed by atoms with Gasteiger partial charge in [0, 0.05) is 17.1 Å². The van der Waals surface area contributed by atoms with E-state index in [2.05, 4.69) is 21.2 Å². The summed E-state index contributed by atoms with van der Waals surface area (Å²) in [6, 6.07) is 20.8. The molecule has 3 aromatic rings. The van der Waals surface area contributed by atoms with E-state index in [1.807, 2.05) is 13.8 Å². The van der Waals surface area contributed by atoms with Crippen molar-refractivity contribution in [2.45, 2.75) is 44.3 Å². The van der Waals surface area contributed by atoms with E-state index < -0.39 is 28.5 Å². The minimum Gasteiger partial charge on any atom is -0.497 e. The monoisotopic (exact) mass is 601 g/mol. The fraction of sp³-hybridized carbons (Fsp3) is 0.286. The van der Waals surface area contributed by atoms with E-state index in [1.54, 1.807) is 80.8 Å². The number of nitrogens with zero attached hydrogens (tertiary/aromatic N) is 2. The summed E-state index contributed by atoms with van der Waals surface area (Å²) in [5.41, 5.74) is 1.09. The molecule has 0 saturated heterocycles. The van der Waals surface area contributed by atoms with E-state index in [1.165, 1.54) is 17.0 Å². The van der Waals surface area contributed by atoms with Gasteiger partial charge in [-0.05, 0) is 68.8 Å². The van der Waals surface area contributed by atoms with Crippen LogP contribution in [-0.2, 0) is 26.2 Å². The van der Waals surface area contributed by atoms with E-state index >= 15 is 0 Å². The molecule has 0 spiro atoms. The third kappa shape index (κ3) is 7.35. The molecule has 0 radical (unpaired) electrons. The first-order valence-corrected chi connectivity index (χ1v) is 14.3. The third-order valence-electron chi connectivity index (χ3n) is 5.82. The van der Waals surface area contributed by atoms with Crippen LogP contribution in [0.1, 0.15) is 26.3 Å². The number of carbonyl (C=O) groups is 2. The summed E-state index contributed by atoms with van der Waals surface area (Å²) in [6.45, 7) is 4.91. The molecule has 3 aromatic carbocycles. The molecule has 38 heavy (non-hydrogen) atoms. The fourth-order valence-electron chi connectivity index (χ4n) is 3.80. The highest BCUT2D eigenvalue weighted by molar-refractivity contribution is 9.10. The van der Waals surface area contributed by atoms with Crippen LogP contribution in [-0.4, -0.2) is 50.9 Å². The second-order valence-corrected chi connectivity index (χ2v) is 11.8. The van der Waals surface area contributed by atoms with Gasteiger partial charge in [0.1, 0.15) is 18.3 Å². The second-order valence-electron chi connectivity index (χ2n) is 9.01. The van der Waals surface area contributed by atoms with E-state index in [0.717, 1.165) is 9.87 Å². The highest BCUT2D eigenvalue weighted by atomic mass is 79.9. The molecule has 0 heterocycles. The summed E-state index contributed by atoms with van der Waals surface area (Å²) in [5.74, 6) is -0.194. The molecule has 0 fully saturated rings. The summed E-state index contributed by atoms with van der Waals surface area (Å²) in [6.07, 6.45) is 0. The molecule has 10 heteroatoms. The van der Waals surface area contributed by atoms with Gasteiger partial charge in [-0.25, -0.2) is 8.42 Å². The first-order valence-electron chi connectivity index (χ1n) is 12.1. The Hall–Kier alpha value is -3.37. The van der Waals surface area contributed by atoms with Crippen LogP contribution in [0.15, 0.2) is 88.2 Å². The summed E-state index contributed by atoms with van der Waals surface area (Å²) < 4.78 is 34.4. The number of anilines is 1. The van der Waals surface area contributed by atoms with Crippen molar-refractivity contribution in [3.8, 4) is 5.75 Å². The van der Waals surface area contributed by atoms with Gasteiger partial charge in [0.2, 0.25) is 11.8 Å². The van der Waals surface area contributed by atoms with Crippen molar-refractivity contribution in [1.29, 1.82) is 0 Å². The molecule has 8 nitrogen and oxygen atoms in total. The quantitative estimate of drug-likeness (QED) is 0.347. The van der Waals surface area contributed by atoms with Crippen LogP contribution < -0.4 is 14.4 Å². The van der Waals surface area contributed by atoms with Gasteiger partial charge in [0.15, 0.2) is 0 Å². The largest absolute Gasteiger partial charge is 0.497 e. The van der Waals surface area contributed by atoms with E-state index in [0.29, 0.717) is 15.9 Å². The molecule has 2 amide bonds. The number of halogens is 1. The highest BCUT2D eigenvalue weighted by Crippen LogP contribution is 2.27. The molecule has 3 rings (SSSR count). The maximum atomic E-state index is 13.9. The zero-order chi connectivity index (χ0) is 27.9. The average molecular weight is 603 g/mol. The highest BCUT2D eigenvalue weighted by Gasteiger charge is 2.32. The van der Waals surface area contributed by atoms with Crippen LogP contribution in [0.3, 0.4) is 0 Å².